The monoisotopic (exact) mass is 591 g/mol. The molecule has 0 aliphatic carbocycles. The number of halogens is 4. The predicted octanol–water partition coefficient (Wildman–Crippen LogP) is 4.86. The maximum atomic E-state index is 13.7. The lowest BCUT2D eigenvalue weighted by Crippen LogP contribution is -2.53. The third-order valence-electron chi connectivity index (χ3n) is 6.10. The molecular formula is C26H33ClF3N3O5S. The maximum Gasteiger partial charge on any atom is 0.416 e. The van der Waals surface area contributed by atoms with E-state index >= 15 is 0 Å². The summed E-state index contributed by atoms with van der Waals surface area (Å²) in [4.78, 5) is 28.1. The molecule has 216 valence electrons. The van der Waals surface area contributed by atoms with E-state index < -0.39 is 51.9 Å². The lowest BCUT2D eigenvalue weighted by Gasteiger charge is -2.33. The number of hydrogen-bond acceptors (Lipinski definition) is 5. The number of methoxy groups -OCH3 is 1. The topological polar surface area (TPSA) is 96.0 Å². The van der Waals surface area contributed by atoms with Crippen molar-refractivity contribution in [2.45, 2.75) is 58.4 Å². The second-order valence-electron chi connectivity index (χ2n) is 9.05. The zero-order chi connectivity index (χ0) is 29.5. The summed E-state index contributed by atoms with van der Waals surface area (Å²) in [5, 5.41) is 2.55. The van der Waals surface area contributed by atoms with E-state index in [1.165, 1.54) is 12.0 Å². The Morgan fingerprint density at radius 3 is 2.31 bits per heavy atom. The van der Waals surface area contributed by atoms with Gasteiger partial charge in [-0.3, -0.25) is 13.9 Å². The largest absolute Gasteiger partial charge is 0.497 e. The molecule has 2 aromatic carbocycles. The first kappa shape index (κ1) is 32.2. The standard InChI is InChI=1S/C26H33ClF3N3O5S/c1-6-17(3)31-25(35)22(7-2)32(15-18-9-8-10-20(13-18)38-4)24(34)16-33(39(5,36)37)23-14-19(26(28,29)30)11-12-21(23)27/h8-14,17,22H,6-7,15-16H2,1-5H3,(H,31,35)/t17-,22-/m0/s1. The van der Waals surface area contributed by atoms with Crippen molar-refractivity contribution in [1.82, 2.24) is 10.2 Å². The number of anilines is 1. The third-order valence-corrected chi connectivity index (χ3v) is 7.54. The van der Waals surface area contributed by atoms with E-state index in [1.54, 1.807) is 38.1 Å². The number of amides is 2. The molecule has 2 aromatic rings. The normalized spacial score (nSPS) is 13.4. The Hall–Kier alpha value is -2.99. The minimum atomic E-state index is -4.77. The van der Waals surface area contributed by atoms with E-state index in [1.807, 2.05) is 6.92 Å². The highest BCUT2D eigenvalue weighted by Crippen LogP contribution is 2.36. The van der Waals surface area contributed by atoms with E-state index in [-0.39, 0.29) is 24.0 Å². The van der Waals surface area contributed by atoms with E-state index in [0.717, 1.165) is 18.4 Å². The molecular weight excluding hydrogens is 559 g/mol. The van der Waals surface area contributed by atoms with Crippen molar-refractivity contribution >= 4 is 39.1 Å². The molecule has 0 spiro atoms. The quantitative estimate of drug-likeness (QED) is 0.380. The highest BCUT2D eigenvalue weighted by Gasteiger charge is 2.35. The van der Waals surface area contributed by atoms with E-state index in [4.69, 9.17) is 16.3 Å². The zero-order valence-corrected chi connectivity index (χ0v) is 24.0. The Labute approximate surface area is 232 Å². The number of nitrogens with zero attached hydrogens (tertiary/aromatic N) is 2. The van der Waals surface area contributed by atoms with Gasteiger partial charge in [0.05, 0.1) is 29.6 Å². The maximum absolute atomic E-state index is 13.7. The van der Waals surface area contributed by atoms with Crippen LogP contribution in [0.5, 0.6) is 5.75 Å². The molecule has 0 aliphatic heterocycles. The van der Waals surface area contributed by atoms with Crippen LogP contribution >= 0.6 is 11.6 Å². The first-order valence-electron chi connectivity index (χ1n) is 12.2. The van der Waals surface area contributed by atoms with Crippen LogP contribution < -0.4 is 14.4 Å². The number of alkyl halides is 3. The van der Waals surface area contributed by atoms with Crippen molar-refractivity contribution in [2.24, 2.45) is 0 Å². The van der Waals surface area contributed by atoms with Gasteiger partial charge in [0, 0.05) is 12.6 Å². The fourth-order valence-electron chi connectivity index (χ4n) is 3.80. The number of carbonyl (C=O) groups excluding carboxylic acids is 2. The Balaban J connectivity index is 2.56. The molecule has 0 aromatic heterocycles. The van der Waals surface area contributed by atoms with Crippen LogP contribution in [0.4, 0.5) is 18.9 Å². The van der Waals surface area contributed by atoms with E-state index in [2.05, 4.69) is 5.32 Å². The molecule has 13 heteroatoms. The smallest absolute Gasteiger partial charge is 0.416 e. The van der Waals surface area contributed by atoms with Crippen molar-refractivity contribution < 1.29 is 35.9 Å². The number of benzene rings is 2. The molecule has 0 unspecified atom stereocenters. The van der Waals surface area contributed by atoms with Crippen LogP contribution in [-0.2, 0) is 32.3 Å². The van der Waals surface area contributed by atoms with Gasteiger partial charge in [-0.25, -0.2) is 8.42 Å². The molecule has 39 heavy (non-hydrogen) atoms. The van der Waals surface area contributed by atoms with Gasteiger partial charge in [-0.05, 0) is 55.7 Å². The number of rotatable bonds is 12. The molecule has 0 saturated carbocycles. The molecule has 1 N–H and O–H groups in total. The molecule has 0 saturated heterocycles. The molecule has 8 nitrogen and oxygen atoms in total. The van der Waals surface area contributed by atoms with Crippen LogP contribution in [0.25, 0.3) is 0 Å². The summed E-state index contributed by atoms with van der Waals surface area (Å²) in [7, 11) is -2.81. The average molecular weight is 592 g/mol. The Morgan fingerprint density at radius 1 is 1.10 bits per heavy atom. The van der Waals surface area contributed by atoms with Crippen molar-refractivity contribution in [2.75, 3.05) is 24.2 Å². The zero-order valence-electron chi connectivity index (χ0n) is 22.4. The molecule has 0 aliphatic rings. The van der Waals surface area contributed by atoms with Gasteiger partial charge in [-0.2, -0.15) is 13.2 Å². The molecule has 0 radical (unpaired) electrons. The van der Waals surface area contributed by atoms with Gasteiger partial charge < -0.3 is 15.0 Å². The van der Waals surface area contributed by atoms with Crippen LogP contribution in [0, 0.1) is 0 Å². The highest BCUT2D eigenvalue weighted by molar-refractivity contribution is 7.92. The van der Waals surface area contributed by atoms with E-state index in [0.29, 0.717) is 28.1 Å². The van der Waals surface area contributed by atoms with Gasteiger partial charge >= 0.3 is 6.18 Å². The summed E-state index contributed by atoms with van der Waals surface area (Å²) in [5.74, 6) is -0.737. The second-order valence-corrected chi connectivity index (χ2v) is 11.4. The molecule has 0 bridgehead atoms. The Morgan fingerprint density at radius 2 is 1.77 bits per heavy atom. The average Bonchev–Trinajstić information content (AvgIpc) is 2.86. The lowest BCUT2D eigenvalue weighted by atomic mass is 10.1. The van der Waals surface area contributed by atoms with Gasteiger partial charge in [-0.1, -0.05) is 37.6 Å². The van der Waals surface area contributed by atoms with Crippen LogP contribution in [0.15, 0.2) is 42.5 Å². The molecule has 0 fully saturated rings. The van der Waals surface area contributed by atoms with Gasteiger partial charge in [0.25, 0.3) is 0 Å². The summed E-state index contributed by atoms with van der Waals surface area (Å²) in [6.07, 6.45) is -3.18. The summed E-state index contributed by atoms with van der Waals surface area (Å²) < 4.78 is 71.4. The fourth-order valence-corrected chi connectivity index (χ4v) is 4.93. The van der Waals surface area contributed by atoms with Gasteiger partial charge in [0.2, 0.25) is 21.8 Å². The first-order valence-corrected chi connectivity index (χ1v) is 14.4. The number of sulfonamides is 1. The van der Waals surface area contributed by atoms with Gasteiger partial charge in [0.1, 0.15) is 18.3 Å². The second kappa shape index (κ2) is 13.4. The number of ether oxygens (including phenoxy) is 1. The summed E-state index contributed by atoms with van der Waals surface area (Å²) in [5.41, 5.74) is -1.03. The number of carbonyl (C=O) groups is 2. The number of nitrogens with one attached hydrogen (secondary N) is 1. The SMILES string of the molecule is CC[C@H](C)NC(=O)[C@H](CC)N(Cc1cccc(OC)c1)C(=O)CN(c1cc(C(F)(F)F)ccc1Cl)S(C)(=O)=O. The van der Waals surface area contributed by atoms with Crippen molar-refractivity contribution in [3.8, 4) is 5.75 Å². The van der Waals surface area contributed by atoms with Crippen LogP contribution in [0.3, 0.4) is 0 Å². The van der Waals surface area contributed by atoms with Gasteiger partial charge in [0.15, 0.2) is 0 Å². The molecule has 0 heterocycles. The first-order chi connectivity index (χ1) is 18.1. The highest BCUT2D eigenvalue weighted by atomic mass is 35.5. The minimum Gasteiger partial charge on any atom is -0.497 e. The van der Waals surface area contributed by atoms with Gasteiger partial charge in [-0.15, -0.1) is 0 Å². The minimum absolute atomic E-state index is 0.0869. The number of hydrogen-bond donors (Lipinski definition) is 1. The lowest BCUT2D eigenvalue weighted by molar-refractivity contribution is -0.140. The third kappa shape index (κ3) is 8.76. The van der Waals surface area contributed by atoms with Crippen molar-refractivity contribution in [3.05, 3.63) is 58.6 Å². The van der Waals surface area contributed by atoms with Crippen molar-refractivity contribution in [1.29, 1.82) is 0 Å². The van der Waals surface area contributed by atoms with Crippen LogP contribution in [0.1, 0.15) is 44.7 Å². The Bertz CT molecular complexity index is 1270. The predicted molar refractivity (Wildman–Crippen MR) is 144 cm³/mol. The Kier molecular flexibility index (Phi) is 11.1. The summed E-state index contributed by atoms with van der Waals surface area (Å²) >= 11 is 6.11. The van der Waals surface area contributed by atoms with Crippen molar-refractivity contribution in [3.63, 3.8) is 0 Å². The molecule has 2 rings (SSSR count). The van der Waals surface area contributed by atoms with Crippen LogP contribution in [0.2, 0.25) is 5.02 Å². The van der Waals surface area contributed by atoms with E-state index in [9.17, 15) is 31.2 Å². The molecule has 2 atom stereocenters. The van der Waals surface area contributed by atoms with Crippen LogP contribution in [-0.4, -0.2) is 57.1 Å². The fraction of sp³-hybridized carbons (Fsp3) is 0.462. The molecule has 2 amide bonds. The summed E-state index contributed by atoms with van der Waals surface area (Å²) in [6.45, 7) is 4.42. The summed E-state index contributed by atoms with van der Waals surface area (Å²) in [6, 6.07) is 7.81.